The minimum absolute atomic E-state index is 0.0494. The minimum atomic E-state index is -0.301. The summed E-state index contributed by atoms with van der Waals surface area (Å²) in [7, 11) is 5.57. The van der Waals surface area contributed by atoms with E-state index in [2.05, 4.69) is 5.32 Å². The van der Waals surface area contributed by atoms with Crippen molar-refractivity contribution in [3.63, 3.8) is 0 Å². The third-order valence-electron chi connectivity index (χ3n) is 3.81. The van der Waals surface area contributed by atoms with Crippen molar-refractivity contribution >= 4 is 17.7 Å². The Kier molecular flexibility index (Phi) is 7.28. The molecule has 0 saturated carbocycles. The van der Waals surface area contributed by atoms with Crippen molar-refractivity contribution in [2.24, 2.45) is 0 Å². The lowest BCUT2D eigenvalue weighted by Gasteiger charge is -2.25. The van der Waals surface area contributed by atoms with E-state index in [1.54, 1.807) is 25.3 Å². The zero-order chi connectivity index (χ0) is 18.2. The topological polar surface area (TPSA) is 41.6 Å². The fraction of sp³-hybridized carbons (Fsp3) is 0.316. The molecule has 2 aromatic carbocycles. The summed E-state index contributed by atoms with van der Waals surface area (Å²) in [5.74, 6) is 0.564. The molecule has 0 saturated heterocycles. The lowest BCUT2D eigenvalue weighted by molar-refractivity contribution is -0.118. The van der Waals surface area contributed by atoms with Crippen LogP contribution in [0.1, 0.15) is 11.6 Å². The Balaban J connectivity index is 1.89. The van der Waals surface area contributed by atoms with Crippen molar-refractivity contribution in [3.05, 3.63) is 59.9 Å². The number of nitrogens with one attached hydrogen (secondary N) is 1. The van der Waals surface area contributed by atoms with Gasteiger partial charge >= 0.3 is 0 Å². The van der Waals surface area contributed by atoms with Gasteiger partial charge in [-0.3, -0.25) is 4.79 Å². The lowest BCUT2D eigenvalue weighted by atomic mass is 10.1. The highest BCUT2D eigenvalue weighted by atomic mass is 32.2. The summed E-state index contributed by atoms with van der Waals surface area (Å²) in [6, 6.07) is 14.3. The first-order valence-electron chi connectivity index (χ1n) is 7.95. The minimum Gasteiger partial charge on any atom is -0.497 e. The number of rotatable bonds is 8. The van der Waals surface area contributed by atoms with Crippen LogP contribution in [0.3, 0.4) is 0 Å². The predicted octanol–water partition coefficient (Wildman–Crippen LogP) is 3.35. The Hall–Kier alpha value is -2.05. The molecule has 0 bridgehead atoms. The van der Waals surface area contributed by atoms with E-state index in [1.807, 2.05) is 43.3 Å². The highest BCUT2D eigenvalue weighted by molar-refractivity contribution is 8.00. The highest BCUT2D eigenvalue weighted by Crippen LogP contribution is 2.22. The molecule has 4 nitrogen and oxygen atoms in total. The van der Waals surface area contributed by atoms with Gasteiger partial charge in [0.1, 0.15) is 11.6 Å². The van der Waals surface area contributed by atoms with Crippen LogP contribution in [0.2, 0.25) is 0 Å². The van der Waals surface area contributed by atoms with Crippen molar-refractivity contribution < 1.29 is 13.9 Å². The number of thioether (sulfide) groups is 1. The number of carbonyl (C=O) groups excluding carboxylic acids is 1. The molecule has 2 aromatic rings. The van der Waals surface area contributed by atoms with Gasteiger partial charge in [0.15, 0.2) is 0 Å². The van der Waals surface area contributed by atoms with Crippen molar-refractivity contribution in [2.75, 3.05) is 33.5 Å². The number of hydrogen-bond donors (Lipinski definition) is 1. The maximum Gasteiger partial charge on any atom is 0.230 e. The molecular formula is C19H23FN2O2S. The molecule has 0 aliphatic rings. The first kappa shape index (κ1) is 19.3. The molecule has 1 amide bonds. The molecule has 0 spiro atoms. The second kappa shape index (κ2) is 9.44. The Morgan fingerprint density at radius 1 is 1.20 bits per heavy atom. The molecular weight excluding hydrogens is 339 g/mol. The van der Waals surface area contributed by atoms with Crippen LogP contribution in [0.25, 0.3) is 0 Å². The van der Waals surface area contributed by atoms with Crippen LogP contribution < -0.4 is 10.1 Å². The van der Waals surface area contributed by atoms with E-state index in [9.17, 15) is 9.18 Å². The summed E-state index contributed by atoms with van der Waals surface area (Å²) in [4.78, 5) is 14.6. The summed E-state index contributed by atoms with van der Waals surface area (Å²) < 4.78 is 18.7. The number of amides is 1. The number of benzene rings is 2. The second-order valence-electron chi connectivity index (χ2n) is 5.78. The van der Waals surface area contributed by atoms with Gasteiger partial charge in [-0.15, -0.1) is 11.8 Å². The molecule has 25 heavy (non-hydrogen) atoms. The summed E-state index contributed by atoms with van der Waals surface area (Å²) in [5, 5.41) is 2.93. The van der Waals surface area contributed by atoms with Gasteiger partial charge in [0.05, 0.1) is 18.9 Å². The molecule has 0 heterocycles. The molecule has 0 aliphatic heterocycles. The van der Waals surface area contributed by atoms with Crippen molar-refractivity contribution in [1.29, 1.82) is 0 Å². The van der Waals surface area contributed by atoms with Crippen LogP contribution in [0.4, 0.5) is 4.39 Å². The monoisotopic (exact) mass is 362 g/mol. The van der Waals surface area contributed by atoms with Gasteiger partial charge in [0.25, 0.3) is 0 Å². The number of nitrogens with zero attached hydrogens (tertiary/aromatic N) is 1. The Labute approximate surface area is 152 Å². The summed E-state index contributed by atoms with van der Waals surface area (Å²) >= 11 is 1.20. The number of likely N-dealkylation sites (N-methyl/N-ethyl adjacent to an activating group) is 1. The number of ether oxygens (including phenoxy) is 1. The van der Waals surface area contributed by atoms with Crippen LogP contribution in [0.15, 0.2) is 53.4 Å². The molecule has 2 rings (SSSR count). The van der Waals surface area contributed by atoms with Crippen LogP contribution in [-0.2, 0) is 4.79 Å². The predicted molar refractivity (Wildman–Crippen MR) is 99.6 cm³/mol. The average Bonchev–Trinajstić information content (AvgIpc) is 2.61. The van der Waals surface area contributed by atoms with E-state index in [4.69, 9.17) is 4.74 Å². The van der Waals surface area contributed by atoms with Crippen LogP contribution >= 0.6 is 11.8 Å². The van der Waals surface area contributed by atoms with Gasteiger partial charge in [-0.2, -0.15) is 0 Å². The van der Waals surface area contributed by atoms with Crippen LogP contribution in [0.5, 0.6) is 5.75 Å². The molecule has 0 fully saturated rings. The molecule has 6 heteroatoms. The number of halogens is 1. The van der Waals surface area contributed by atoms with E-state index in [0.29, 0.717) is 11.4 Å². The second-order valence-corrected chi connectivity index (χ2v) is 6.79. The van der Waals surface area contributed by atoms with E-state index >= 15 is 0 Å². The molecule has 0 radical (unpaired) electrons. The number of carbonyl (C=O) groups is 1. The largest absolute Gasteiger partial charge is 0.497 e. The summed E-state index contributed by atoms with van der Waals surface area (Å²) in [6.45, 7) is 0.482. The van der Waals surface area contributed by atoms with Gasteiger partial charge in [0, 0.05) is 11.4 Å². The molecule has 134 valence electrons. The Bertz CT molecular complexity index is 692. The third kappa shape index (κ3) is 5.76. The first-order chi connectivity index (χ1) is 12.0. The quantitative estimate of drug-likeness (QED) is 0.732. The highest BCUT2D eigenvalue weighted by Gasteiger charge is 2.15. The van der Waals surface area contributed by atoms with Gasteiger partial charge in [0.2, 0.25) is 5.91 Å². The van der Waals surface area contributed by atoms with Crippen molar-refractivity contribution in [1.82, 2.24) is 10.2 Å². The molecule has 1 atom stereocenters. The van der Waals surface area contributed by atoms with E-state index in [0.717, 1.165) is 11.3 Å². The Morgan fingerprint density at radius 3 is 2.48 bits per heavy atom. The molecule has 0 aliphatic carbocycles. The number of hydrogen-bond acceptors (Lipinski definition) is 4. The zero-order valence-corrected chi connectivity index (χ0v) is 15.5. The molecule has 1 unspecified atom stereocenters. The molecule has 0 aromatic heterocycles. The number of methoxy groups -OCH3 is 1. The van der Waals surface area contributed by atoms with Gasteiger partial charge in [-0.1, -0.05) is 24.3 Å². The van der Waals surface area contributed by atoms with Gasteiger partial charge in [-0.25, -0.2) is 4.39 Å². The van der Waals surface area contributed by atoms with Gasteiger partial charge in [-0.05, 0) is 43.9 Å². The van der Waals surface area contributed by atoms with E-state index in [-0.39, 0.29) is 23.5 Å². The maximum absolute atomic E-state index is 13.6. The van der Waals surface area contributed by atoms with E-state index in [1.165, 1.54) is 17.8 Å². The standard InChI is InChI=1S/C19H23FN2O2S/c1-22(2)17(14-8-10-15(24-3)11-9-14)12-21-19(23)13-25-18-7-5-4-6-16(18)20/h4-11,17H,12-13H2,1-3H3,(H,21,23). The molecule has 1 N–H and O–H groups in total. The zero-order valence-electron chi connectivity index (χ0n) is 14.7. The first-order valence-corrected chi connectivity index (χ1v) is 8.94. The lowest BCUT2D eigenvalue weighted by Crippen LogP contribution is -2.35. The summed E-state index contributed by atoms with van der Waals surface area (Å²) in [5.41, 5.74) is 1.09. The Morgan fingerprint density at radius 2 is 1.88 bits per heavy atom. The van der Waals surface area contributed by atoms with Crippen LogP contribution in [-0.4, -0.2) is 44.3 Å². The van der Waals surface area contributed by atoms with Gasteiger partial charge < -0.3 is 15.0 Å². The van der Waals surface area contributed by atoms with Crippen LogP contribution in [0, 0.1) is 5.82 Å². The third-order valence-corrected chi connectivity index (χ3v) is 4.86. The normalized spacial score (nSPS) is 12.0. The SMILES string of the molecule is COc1ccc(C(CNC(=O)CSc2ccccc2F)N(C)C)cc1. The maximum atomic E-state index is 13.6. The average molecular weight is 362 g/mol. The fourth-order valence-electron chi connectivity index (χ4n) is 2.39. The smallest absolute Gasteiger partial charge is 0.230 e. The fourth-order valence-corrected chi connectivity index (χ4v) is 3.16. The van der Waals surface area contributed by atoms with E-state index < -0.39 is 0 Å². The summed E-state index contributed by atoms with van der Waals surface area (Å²) in [6.07, 6.45) is 0. The van der Waals surface area contributed by atoms with Crippen molar-refractivity contribution in [2.45, 2.75) is 10.9 Å². The van der Waals surface area contributed by atoms with Crippen molar-refractivity contribution in [3.8, 4) is 5.75 Å².